The molecule has 0 aliphatic carbocycles. The van der Waals surface area contributed by atoms with Gasteiger partial charge in [-0.1, -0.05) is 45.0 Å². The number of benzene rings is 2. The van der Waals surface area contributed by atoms with Crippen molar-refractivity contribution in [3.8, 4) is 0 Å². The minimum atomic E-state index is -1.07. The number of esters is 1. The summed E-state index contributed by atoms with van der Waals surface area (Å²) < 4.78 is 19.1. The van der Waals surface area contributed by atoms with Crippen molar-refractivity contribution in [2.24, 2.45) is 5.92 Å². The minimum absolute atomic E-state index is 0.169. The summed E-state index contributed by atoms with van der Waals surface area (Å²) in [5, 5.41) is 5.18. The summed E-state index contributed by atoms with van der Waals surface area (Å²) in [6, 6.07) is 11.8. The topological polar surface area (TPSA) is 84.5 Å². The van der Waals surface area contributed by atoms with Crippen molar-refractivity contribution >= 4 is 23.5 Å². The average molecular weight is 414 g/mol. The monoisotopic (exact) mass is 414 g/mol. The van der Waals surface area contributed by atoms with E-state index in [0.29, 0.717) is 5.69 Å². The van der Waals surface area contributed by atoms with Crippen molar-refractivity contribution in [1.82, 2.24) is 5.32 Å². The first-order chi connectivity index (χ1) is 14.2. The molecule has 0 radical (unpaired) electrons. The molecule has 2 rings (SSSR count). The second kappa shape index (κ2) is 10.5. The molecule has 0 aliphatic rings. The van der Waals surface area contributed by atoms with Gasteiger partial charge in [0, 0.05) is 5.69 Å². The average Bonchev–Trinajstić information content (AvgIpc) is 2.72. The third kappa shape index (κ3) is 6.14. The molecule has 0 saturated carbocycles. The lowest BCUT2D eigenvalue weighted by Crippen LogP contribution is -2.47. The van der Waals surface area contributed by atoms with Gasteiger partial charge in [-0.15, -0.1) is 0 Å². The predicted octanol–water partition coefficient (Wildman–Crippen LogP) is 3.71. The van der Waals surface area contributed by atoms with Crippen LogP contribution in [0.25, 0.3) is 0 Å². The quantitative estimate of drug-likeness (QED) is 0.645. The van der Waals surface area contributed by atoms with Crippen LogP contribution in [-0.4, -0.2) is 29.9 Å². The van der Waals surface area contributed by atoms with Crippen LogP contribution < -0.4 is 10.6 Å². The molecule has 0 heterocycles. The maximum absolute atomic E-state index is 13.8. The zero-order valence-electron chi connectivity index (χ0n) is 17.6. The third-order valence-corrected chi connectivity index (χ3v) is 4.62. The van der Waals surface area contributed by atoms with Gasteiger partial charge >= 0.3 is 5.97 Å². The molecular weight excluding hydrogens is 387 g/mol. The van der Waals surface area contributed by atoms with Crippen LogP contribution in [0.2, 0.25) is 0 Å². The summed E-state index contributed by atoms with van der Waals surface area (Å²) >= 11 is 0. The van der Waals surface area contributed by atoms with Gasteiger partial charge in [0.15, 0.2) is 6.10 Å². The zero-order valence-corrected chi connectivity index (χ0v) is 17.6. The molecule has 0 aromatic heterocycles. The molecule has 2 amide bonds. The Hall–Kier alpha value is -3.22. The first-order valence-electron chi connectivity index (χ1n) is 9.88. The van der Waals surface area contributed by atoms with Crippen molar-refractivity contribution < 1.29 is 23.5 Å². The molecule has 2 N–H and O–H groups in total. The number of rotatable bonds is 8. The zero-order chi connectivity index (χ0) is 22.3. The number of hydrogen-bond donors (Lipinski definition) is 2. The normalized spacial score (nSPS) is 12.7. The highest BCUT2D eigenvalue weighted by Gasteiger charge is 2.29. The van der Waals surface area contributed by atoms with Crippen LogP contribution in [0.1, 0.15) is 43.6 Å². The molecule has 6 nitrogen and oxygen atoms in total. The van der Waals surface area contributed by atoms with E-state index in [4.69, 9.17) is 4.74 Å². The van der Waals surface area contributed by atoms with Gasteiger partial charge in [0.2, 0.25) is 0 Å². The second-order valence-corrected chi connectivity index (χ2v) is 7.29. The molecule has 2 atom stereocenters. The molecule has 0 fully saturated rings. The van der Waals surface area contributed by atoms with Crippen molar-refractivity contribution in [1.29, 1.82) is 0 Å². The third-order valence-electron chi connectivity index (χ3n) is 4.62. The van der Waals surface area contributed by atoms with Gasteiger partial charge in [-0.05, 0) is 49.1 Å². The fourth-order valence-corrected chi connectivity index (χ4v) is 2.73. The van der Waals surface area contributed by atoms with E-state index in [1.165, 1.54) is 25.1 Å². The van der Waals surface area contributed by atoms with E-state index < -0.39 is 35.7 Å². The van der Waals surface area contributed by atoms with Gasteiger partial charge < -0.3 is 15.4 Å². The molecule has 0 spiro atoms. The maximum Gasteiger partial charge on any atom is 0.329 e. The Kier molecular flexibility index (Phi) is 8.09. The Morgan fingerprint density at radius 3 is 2.20 bits per heavy atom. The van der Waals surface area contributed by atoms with E-state index in [-0.39, 0.29) is 11.5 Å². The molecule has 30 heavy (non-hydrogen) atoms. The van der Waals surface area contributed by atoms with Crippen LogP contribution in [0.3, 0.4) is 0 Å². The van der Waals surface area contributed by atoms with Crippen molar-refractivity contribution in [3.63, 3.8) is 0 Å². The molecule has 7 heteroatoms. The summed E-state index contributed by atoms with van der Waals surface area (Å²) in [5.74, 6) is -3.00. The highest BCUT2D eigenvalue weighted by atomic mass is 19.1. The largest absolute Gasteiger partial charge is 0.451 e. The molecule has 2 aromatic carbocycles. The summed E-state index contributed by atoms with van der Waals surface area (Å²) in [7, 11) is 0. The van der Waals surface area contributed by atoms with Crippen molar-refractivity contribution in [3.05, 3.63) is 65.5 Å². The van der Waals surface area contributed by atoms with Gasteiger partial charge in [-0.3, -0.25) is 9.59 Å². The molecule has 2 aromatic rings. The maximum atomic E-state index is 13.8. The van der Waals surface area contributed by atoms with Crippen molar-refractivity contribution in [2.75, 3.05) is 5.32 Å². The van der Waals surface area contributed by atoms with Crippen LogP contribution in [-0.2, 0) is 20.7 Å². The first kappa shape index (κ1) is 23.1. The number of amides is 2. The van der Waals surface area contributed by atoms with Gasteiger partial charge in [-0.25, -0.2) is 9.18 Å². The Labute approximate surface area is 175 Å². The van der Waals surface area contributed by atoms with Crippen LogP contribution in [0.4, 0.5) is 10.1 Å². The smallest absolute Gasteiger partial charge is 0.329 e. The number of halogens is 1. The summed E-state index contributed by atoms with van der Waals surface area (Å²) in [4.78, 5) is 37.3. The Balaban J connectivity index is 2.00. The predicted molar refractivity (Wildman–Crippen MR) is 112 cm³/mol. The lowest BCUT2D eigenvalue weighted by atomic mass is 10.0. The lowest BCUT2D eigenvalue weighted by Gasteiger charge is -2.23. The Morgan fingerprint density at radius 1 is 1.00 bits per heavy atom. The SMILES string of the molecule is CCc1ccc(NC(=O)[C@@H](C)OC(=O)[C@@H](NC(=O)c2ccccc2F)C(C)C)cc1. The van der Waals surface area contributed by atoms with E-state index >= 15 is 0 Å². The summed E-state index contributed by atoms with van der Waals surface area (Å²) in [6.45, 7) is 6.91. The van der Waals surface area contributed by atoms with Crippen molar-refractivity contribution in [2.45, 2.75) is 46.3 Å². The standard InChI is InChI=1S/C23H27FN2O4/c1-5-16-10-12-17(13-11-16)25-21(27)15(4)30-23(29)20(14(2)3)26-22(28)18-8-6-7-9-19(18)24/h6-15,20H,5H2,1-4H3,(H,25,27)(H,26,28)/t15-,20+/m1/s1. The van der Waals surface area contributed by atoms with Gasteiger partial charge in [0.05, 0.1) is 5.56 Å². The first-order valence-corrected chi connectivity index (χ1v) is 9.88. The Morgan fingerprint density at radius 2 is 1.63 bits per heavy atom. The number of nitrogens with one attached hydrogen (secondary N) is 2. The van der Waals surface area contributed by atoms with E-state index in [9.17, 15) is 18.8 Å². The number of ether oxygens (including phenoxy) is 1. The van der Waals surface area contributed by atoms with E-state index in [2.05, 4.69) is 10.6 Å². The number of aryl methyl sites for hydroxylation is 1. The summed E-state index contributed by atoms with van der Waals surface area (Å²) in [5.41, 5.74) is 1.56. The molecule has 0 bridgehead atoms. The number of carbonyl (C=O) groups is 3. The number of carbonyl (C=O) groups excluding carboxylic acids is 3. The summed E-state index contributed by atoms with van der Waals surface area (Å²) in [6.07, 6.45) is -0.188. The highest BCUT2D eigenvalue weighted by molar-refractivity contribution is 5.98. The van der Waals surface area contributed by atoms with Crippen LogP contribution >= 0.6 is 0 Å². The Bertz CT molecular complexity index is 896. The van der Waals surface area contributed by atoms with Crippen LogP contribution in [0.15, 0.2) is 48.5 Å². The van der Waals surface area contributed by atoms with E-state index in [1.54, 1.807) is 26.0 Å². The molecular formula is C23H27FN2O4. The van der Waals surface area contributed by atoms with Crippen LogP contribution in [0.5, 0.6) is 0 Å². The minimum Gasteiger partial charge on any atom is -0.451 e. The molecule has 0 aliphatic heterocycles. The van der Waals surface area contributed by atoms with Gasteiger partial charge in [0.1, 0.15) is 11.9 Å². The molecule has 0 saturated heterocycles. The molecule has 160 valence electrons. The number of hydrogen-bond acceptors (Lipinski definition) is 4. The lowest BCUT2D eigenvalue weighted by molar-refractivity contribution is -0.156. The fraction of sp³-hybridized carbons (Fsp3) is 0.348. The highest BCUT2D eigenvalue weighted by Crippen LogP contribution is 2.13. The molecule has 0 unspecified atom stereocenters. The second-order valence-electron chi connectivity index (χ2n) is 7.29. The van der Waals surface area contributed by atoms with Gasteiger partial charge in [0.25, 0.3) is 11.8 Å². The van der Waals surface area contributed by atoms with E-state index in [1.807, 2.05) is 19.1 Å². The van der Waals surface area contributed by atoms with E-state index in [0.717, 1.165) is 18.1 Å². The fourth-order valence-electron chi connectivity index (χ4n) is 2.73. The van der Waals surface area contributed by atoms with Crippen LogP contribution in [0, 0.1) is 11.7 Å². The van der Waals surface area contributed by atoms with Gasteiger partial charge in [-0.2, -0.15) is 0 Å². The number of anilines is 1.